The van der Waals surface area contributed by atoms with Crippen molar-refractivity contribution >= 4 is 27.5 Å². The van der Waals surface area contributed by atoms with E-state index in [2.05, 4.69) is 25.9 Å². The first-order valence-electron chi connectivity index (χ1n) is 6.26. The largest absolute Gasteiger partial charge is 0.306 e. The Labute approximate surface area is 134 Å². The van der Waals surface area contributed by atoms with Crippen molar-refractivity contribution in [1.82, 2.24) is 9.97 Å². The molecule has 21 heavy (non-hydrogen) atoms. The molecule has 3 rings (SSSR count). The average molecular weight is 362 g/mol. The number of rotatable bonds is 2. The summed E-state index contributed by atoms with van der Waals surface area (Å²) < 4.78 is 0.873. The number of benzene rings is 2. The molecular formula is C16H10BrClN2O. The van der Waals surface area contributed by atoms with Gasteiger partial charge in [0, 0.05) is 21.7 Å². The summed E-state index contributed by atoms with van der Waals surface area (Å²) in [7, 11) is 0. The maximum Gasteiger partial charge on any atom is 0.251 e. The van der Waals surface area contributed by atoms with Crippen molar-refractivity contribution in [2.45, 2.75) is 0 Å². The third-order valence-electron chi connectivity index (χ3n) is 3.00. The van der Waals surface area contributed by atoms with E-state index in [4.69, 9.17) is 11.6 Å². The van der Waals surface area contributed by atoms with Gasteiger partial charge in [-0.15, -0.1) is 0 Å². The first kappa shape index (κ1) is 14.0. The van der Waals surface area contributed by atoms with Gasteiger partial charge < -0.3 is 4.98 Å². The summed E-state index contributed by atoms with van der Waals surface area (Å²) in [5, 5.41) is 0.526. The molecule has 3 nitrogen and oxygen atoms in total. The molecular weight excluding hydrogens is 352 g/mol. The van der Waals surface area contributed by atoms with Crippen molar-refractivity contribution < 1.29 is 0 Å². The van der Waals surface area contributed by atoms with E-state index in [0.29, 0.717) is 22.1 Å². The average Bonchev–Trinajstić information content (AvgIpc) is 2.47. The van der Waals surface area contributed by atoms with Gasteiger partial charge in [0.1, 0.15) is 5.82 Å². The van der Waals surface area contributed by atoms with Crippen molar-refractivity contribution in [2.75, 3.05) is 0 Å². The Morgan fingerprint density at radius 2 is 1.81 bits per heavy atom. The van der Waals surface area contributed by atoms with Crippen LogP contribution in [-0.2, 0) is 0 Å². The third-order valence-corrected chi connectivity index (χ3v) is 3.80. The monoisotopic (exact) mass is 360 g/mol. The minimum atomic E-state index is -0.210. The van der Waals surface area contributed by atoms with Crippen molar-refractivity contribution in [2.24, 2.45) is 0 Å². The Hall–Kier alpha value is -1.91. The molecule has 1 aromatic heterocycles. The summed E-state index contributed by atoms with van der Waals surface area (Å²) in [4.78, 5) is 19.1. The lowest BCUT2D eigenvalue weighted by Gasteiger charge is -2.06. The van der Waals surface area contributed by atoms with Gasteiger partial charge in [0.25, 0.3) is 5.56 Å². The topological polar surface area (TPSA) is 45.8 Å². The summed E-state index contributed by atoms with van der Waals surface area (Å²) in [6, 6.07) is 16.5. The predicted molar refractivity (Wildman–Crippen MR) is 88.4 cm³/mol. The highest BCUT2D eigenvalue weighted by Crippen LogP contribution is 2.28. The summed E-state index contributed by atoms with van der Waals surface area (Å²) in [6.07, 6.45) is 0. The molecule has 0 bridgehead atoms. The third kappa shape index (κ3) is 3.06. The van der Waals surface area contributed by atoms with Crippen LogP contribution in [-0.4, -0.2) is 9.97 Å². The van der Waals surface area contributed by atoms with Crippen LogP contribution in [0, 0.1) is 0 Å². The van der Waals surface area contributed by atoms with Crippen LogP contribution in [0.1, 0.15) is 0 Å². The van der Waals surface area contributed by atoms with Crippen molar-refractivity contribution in [1.29, 1.82) is 0 Å². The molecule has 0 fully saturated rings. The van der Waals surface area contributed by atoms with Crippen LogP contribution < -0.4 is 5.56 Å². The maximum absolute atomic E-state index is 11.9. The highest BCUT2D eigenvalue weighted by molar-refractivity contribution is 9.10. The van der Waals surface area contributed by atoms with Gasteiger partial charge >= 0.3 is 0 Å². The molecule has 0 aliphatic carbocycles. The number of hydrogen-bond acceptors (Lipinski definition) is 2. The van der Waals surface area contributed by atoms with Gasteiger partial charge in [-0.3, -0.25) is 4.79 Å². The van der Waals surface area contributed by atoms with Crippen LogP contribution in [0.4, 0.5) is 0 Å². The van der Waals surface area contributed by atoms with E-state index >= 15 is 0 Å². The summed E-state index contributed by atoms with van der Waals surface area (Å²) in [5.41, 5.74) is 1.99. The van der Waals surface area contributed by atoms with E-state index in [1.54, 1.807) is 6.07 Å². The number of H-pyrrole nitrogens is 1. The second kappa shape index (κ2) is 5.84. The number of halogens is 2. The fourth-order valence-corrected chi connectivity index (χ4v) is 2.79. The molecule has 0 amide bonds. The molecule has 1 heterocycles. The number of hydrogen-bond donors (Lipinski definition) is 1. The van der Waals surface area contributed by atoms with Gasteiger partial charge in [0.2, 0.25) is 0 Å². The maximum atomic E-state index is 11.9. The zero-order valence-corrected chi connectivity index (χ0v) is 13.1. The molecule has 0 spiro atoms. The predicted octanol–water partition coefficient (Wildman–Crippen LogP) is 4.52. The molecule has 1 N–H and O–H groups in total. The SMILES string of the molecule is O=c1cc(-c2ccccc2)nc(-c2ccc(Br)cc2Cl)[nH]1. The van der Waals surface area contributed by atoms with Crippen LogP contribution in [0.15, 0.2) is 63.9 Å². The van der Waals surface area contributed by atoms with Gasteiger partial charge in [-0.2, -0.15) is 0 Å². The number of aromatic amines is 1. The fourth-order valence-electron chi connectivity index (χ4n) is 2.02. The summed E-state index contributed by atoms with van der Waals surface area (Å²) >= 11 is 9.58. The Balaban J connectivity index is 2.16. The van der Waals surface area contributed by atoms with E-state index < -0.39 is 0 Å². The van der Waals surface area contributed by atoms with Crippen LogP contribution in [0.25, 0.3) is 22.6 Å². The second-order valence-corrected chi connectivity index (χ2v) is 5.79. The molecule has 0 saturated carbocycles. The lowest BCUT2D eigenvalue weighted by Crippen LogP contribution is -2.08. The number of nitrogens with zero attached hydrogens (tertiary/aromatic N) is 1. The Morgan fingerprint density at radius 1 is 1.05 bits per heavy atom. The summed E-state index contributed by atoms with van der Waals surface area (Å²) in [6.45, 7) is 0. The highest BCUT2D eigenvalue weighted by atomic mass is 79.9. The molecule has 104 valence electrons. The van der Waals surface area contributed by atoms with Gasteiger partial charge in [0.05, 0.1) is 10.7 Å². The fraction of sp³-hybridized carbons (Fsp3) is 0. The van der Waals surface area contributed by atoms with E-state index in [-0.39, 0.29) is 5.56 Å². The molecule has 0 unspecified atom stereocenters. The molecule has 0 radical (unpaired) electrons. The van der Waals surface area contributed by atoms with Crippen LogP contribution in [0.5, 0.6) is 0 Å². The van der Waals surface area contributed by atoms with Crippen molar-refractivity contribution in [3.05, 3.63) is 74.4 Å². The molecule has 0 aliphatic rings. The van der Waals surface area contributed by atoms with Crippen LogP contribution >= 0.6 is 27.5 Å². The Kier molecular flexibility index (Phi) is 3.90. The molecule has 2 aromatic carbocycles. The molecule has 0 aliphatic heterocycles. The lowest BCUT2D eigenvalue weighted by molar-refractivity contribution is 1.13. The van der Waals surface area contributed by atoms with Gasteiger partial charge in [-0.1, -0.05) is 57.9 Å². The smallest absolute Gasteiger partial charge is 0.251 e. The van der Waals surface area contributed by atoms with Gasteiger partial charge in [-0.05, 0) is 18.2 Å². The Bertz CT molecular complexity index is 846. The van der Waals surface area contributed by atoms with E-state index in [1.807, 2.05) is 42.5 Å². The normalized spacial score (nSPS) is 10.6. The van der Waals surface area contributed by atoms with Crippen LogP contribution in [0.2, 0.25) is 5.02 Å². The zero-order valence-electron chi connectivity index (χ0n) is 10.8. The summed E-state index contributed by atoms with van der Waals surface area (Å²) in [5.74, 6) is 0.457. The number of aromatic nitrogens is 2. The van der Waals surface area contributed by atoms with E-state index in [9.17, 15) is 4.79 Å². The first-order valence-corrected chi connectivity index (χ1v) is 7.43. The zero-order chi connectivity index (χ0) is 14.8. The second-order valence-electron chi connectivity index (χ2n) is 4.47. The molecule has 3 aromatic rings. The quantitative estimate of drug-likeness (QED) is 0.729. The lowest BCUT2D eigenvalue weighted by atomic mass is 10.1. The Morgan fingerprint density at radius 3 is 2.52 bits per heavy atom. The van der Waals surface area contributed by atoms with Crippen molar-refractivity contribution in [3.8, 4) is 22.6 Å². The standard InChI is InChI=1S/C16H10BrClN2O/c17-11-6-7-12(13(18)8-11)16-19-14(9-15(21)20-16)10-4-2-1-3-5-10/h1-9H,(H,19,20,21). The number of nitrogens with one attached hydrogen (secondary N) is 1. The minimum Gasteiger partial charge on any atom is -0.306 e. The van der Waals surface area contributed by atoms with Crippen LogP contribution in [0.3, 0.4) is 0 Å². The van der Waals surface area contributed by atoms with Crippen molar-refractivity contribution in [3.63, 3.8) is 0 Å². The highest BCUT2D eigenvalue weighted by Gasteiger charge is 2.09. The van der Waals surface area contributed by atoms with E-state index in [1.165, 1.54) is 6.07 Å². The first-order chi connectivity index (χ1) is 10.1. The molecule has 0 saturated heterocycles. The molecule has 5 heteroatoms. The molecule has 0 atom stereocenters. The van der Waals surface area contributed by atoms with Gasteiger partial charge in [-0.25, -0.2) is 4.98 Å². The van der Waals surface area contributed by atoms with Gasteiger partial charge in [0.15, 0.2) is 0 Å². The minimum absolute atomic E-state index is 0.210. The van der Waals surface area contributed by atoms with E-state index in [0.717, 1.165) is 10.0 Å².